The molecule has 1 aliphatic carbocycles. The van der Waals surface area contributed by atoms with Gasteiger partial charge in [0.15, 0.2) is 0 Å². The molecular formula is C23H34N2O4. The molecule has 0 bridgehead atoms. The van der Waals surface area contributed by atoms with Gasteiger partial charge in [-0.1, -0.05) is 30.5 Å². The molecule has 0 radical (unpaired) electrons. The first-order valence-electron chi connectivity index (χ1n) is 10.9. The van der Waals surface area contributed by atoms with Crippen molar-refractivity contribution >= 4 is 18.1 Å². The molecule has 2 heterocycles. The van der Waals surface area contributed by atoms with Crippen LogP contribution in [0.25, 0.3) is 0 Å². The van der Waals surface area contributed by atoms with Gasteiger partial charge in [-0.05, 0) is 51.3 Å². The van der Waals surface area contributed by atoms with Crippen molar-refractivity contribution in [2.45, 2.75) is 58.0 Å². The van der Waals surface area contributed by atoms with Crippen molar-refractivity contribution in [1.82, 2.24) is 4.90 Å². The molecule has 160 valence electrons. The second-order valence-corrected chi connectivity index (χ2v) is 8.63. The zero-order valence-corrected chi connectivity index (χ0v) is 17.5. The molecule has 3 aliphatic rings. The molecule has 6 nitrogen and oxygen atoms in total. The van der Waals surface area contributed by atoms with E-state index in [0.717, 1.165) is 64.8 Å². The third kappa shape index (κ3) is 5.50. The summed E-state index contributed by atoms with van der Waals surface area (Å²) in [5.74, 6) is 0.103. The van der Waals surface area contributed by atoms with Crippen molar-refractivity contribution in [2.75, 3.05) is 37.6 Å². The van der Waals surface area contributed by atoms with E-state index in [1.165, 1.54) is 24.1 Å². The Morgan fingerprint density at radius 3 is 2.38 bits per heavy atom. The van der Waals surface area contributed by atoms with Gasteiger partial charge < -0.3 is 14.7 Å². The van der Waals surface area contributed by atoms with E-state index in [0.29, 0.717) is 0 Å². The molecule has 6 heteroatoms. The number of ether oxygens (including phenoxy) is 1. The number of piperazine rings is 1. The molecule has 1 aromatic rings. The molecule has 2 aliphatic heterocycles. The Hall–Kier alpha value is -2.08. The van der Waals surface area contributed by atoms with Gasteiger partial charge in [0, 0.05) is 38.3 Å². The predicted molar refractivity (Wildman–Crippen MR) is 113 cm³/mol. The van der Waals surface area contributed by atoms with Crippen LogP contribution in [0.15, 0.2) is 24.3 Å². The molecule has 2 saturated heterocycles. The topological polar surface area (TPSA) is 70.1 Å². The fourth-order valence-corrected chi connectivity index (χ4v) is 4.99. The maximum absolute atomic E-state index is 12.2. The number of carbonyl (C=O) groups excluding carboxylic acids is 1. The Kier molecular flexibility index (Phi) is 7.53. The lowest BCUT2D eigenvalue weighted by Crippen LogP contribution is -2.46. The maximum Gasteiger partial charge on any atom is 0.312 e. The van der Waals surface area contributed by atoms with Crippen molar-refractivity contribution in [2.24, 2.45) is 5.41 Å². The highest BCUT2D eigenvalue weighted by molar-refractivity contribution is 5.79. The Labute approximate surface area is 173 Å². The number of rotatable bonds is 5. The third-order valence-electron chi connectivity index (χ3n) is 6.66. The summed E-state index contributed by atoms with van der Waals surface area (Å²) in [6.07, 6.45) is 7.85. The largest absolute Gasteiger partial charge is 0.483 e. The minimum atomic E-state index is -0.250. The van der Waals surface area contributed by atoms with E-state index in [-0.39, 0.29) is 24.0 Å². The van der Waals surface area contributed by atoms with Gasteiger partial charge in [0.1, 0.15) is 6.10 Å². The van der Waals surface area contributed by atoms with Gasteiger partial charge >= 0.3 is 5.97 Å². The molecule has 0 aromatic heterocycles. The standard InChI is InChI=1S/C22H32N2O2.CH2O2/c1-18-6-8-19(9-7-18)24-15-13-23(14-16-24)12-4-5-20-17-22(21(25)26-20)10-2-3-11-22;2-1-3/h6-9,20H,2-5,10-17H2,1H3;1H,(H,2,3). The van der Waals surface area contributed by atoms with Crippen molar-refractivity contribution in [3.8, 4) is 0 Å². The number of esters is 1. The first-order valence-corrected chi connectivity index (χ1v) is 10.9. The molecule has 1 unspecified atom stereocenters. The molecule has 4 rings (SSSR count). The highest BCUT2D eigenvalue weighted by atomic mass is 16.6. The van der Waals surface area contributed by atoms with Crippen LogP contribution < -0.4 is 4.90 Å². The number of cyclic esters (lactones) is 1. The van der Waals surface area contributed by atoms with E-state index in [9.17, 15) is 4.79 Å². The van der Waals surface area contributed by atoms with Gasteiger partial charge in [0.25, 0.3) is 6.47 Å². The monoisotopic (exact) mass is 402 g/mol. The number of hydrogen-bond donors (Lipinski definition) is 1. The smallest absolute Gasteiger partial charge is 0.312 e. The summed E-state index contributed by atoms with van der Waals surface area (Å²) in [5.41, 5.74) is 2.57. The number of aryl methyl sites for hydroxylation is 1. The van der Waals surface area contributed by atoms with E-state index in [1.54, 1.807) is 0 Å². The number of nitrogens with zero attached hydrogens (tertiary/aromatic N) is 2. The van der Waals surface area contributed by atoms with Gasteiger partial charge in [-0.25, -0.2) is 0 Å². The summed E-state index contributed by atoms with van der Waals surface area (Å²) >= 11 is 0. The van der Waals surface area contributed by atoms with E-state index in [4.69, 9.17) is 14.6 Å². The molecule has 0 amide bonds. The molecule has 1 atom stereocenters. The molecule has 1 aromatic carbocycles. The Morgan fingerprint density at radius 1 is 1.14 bits per heavy atom. The molecule has 1 N–H and O–H groups in total. The van der Waals surface area contributed by atoms with E-state index >= 15 is 0 Å². The van der Waals surface area contributed by atoms with Crippen LogP contribution in [0.3, 0.4) is 0 Å². The van der Waals surface area contributed by atoms with Crippen LogP contribution in [0.4, 0.5) is 5.69 Å². The highest BCUT2D eigenvalue weighted by Gasteiger charge is 2.50. The Bertz CT molecular complexity index is 662. The molecule has 1 saturated carbocycles. The second-order valence-electron chi connectivity index (χ2n) is 8.63. The lowest BCUT2D eigenvalue weighted by atomic mass is 9.82. The van der Waals surface area contributed by atoms with Crippen LogP contribution in [-0.2, 0) is 14.3 Å². The summed E-state index contributed by atoms with van der Waals surface area (Å²) in [5, 5.41) is 6.89. The summed E-state index contributed by atoms with van der Waals surface area (Å²) in [4.78, 5) is 25.6. The van der Waals surface area contributed by atoms with Gasteiger partial charge in [-0.15, -0.1) is 0 Å². The normalized spacial score (nSPS) is 23.6. The number of hydrogen-bond acceptors (Lipinski definition) is 5. The van der Waals surface area contributed by atoms with E-state index in [2.05, 4.69) is 41.0 Å². The predicted octanol–water partition coefficient (Wildman–Crippen LogP) is 3.47. The van der Waals surface area contributed by atoms with Gasteiger partial charge in [-0.3, -0.25) is 14.5 Å². The van der Waals surface area contributed by atoms with Crippen molar-refractivity contribution < 1.29 is 19.4 Å². The minimum Gasteiger partial charge on any atom is -0.483 e. The third-order valence-corrected chi connectivity index (χ3v) is 6.66. The summed E-state index contributed by atoms with van der Waals surface area (Å²) in [7, 11) is 0. The van der Waals surface area contributed by atoms with Crippen LogP contribution in [-0.4, -0.2) is 61.3 Å². The van der Waals surface area contributed by atoms with Gasteiger partial charge in [0.2, 0.25) is 0 Å². The molecule has 29 heavy (non-hydrogen) atoms. The summed E-state index contributed by atoms with van der Waals surface area (Å²) < 4.78 is 5.71. The lowest BCUT2D eigenvalue weighted by molar-refractivity contribution is -0.148. The fraction of sp³-hybridized carbons (Fsp3) is 0.652. The number of anilines is 1. The van der Waals surface area contributed by atoms with E-state index in [1.807, 2.05) is 0 Å². The average molecular weight is 403 g/mol. The Balaban J connectivity index is 0.000000755. The van der Waals surface area contributed by atoms with Crippen molar-refractivity contribution in [1.29, 1.82) is 0 Å². The average Bonchev–Trinajstić information content (AvgIpc) is 3.31. The lowest BCUT2D eigenvalue weighted by Gasteiger charge is -2.36. The fourth-order valence-electron chi connectivity index (χ4n) is 4.99. The van der Waals surface area contributed by atoms with Gasteiger partial charge in [-0.2, -0.15) is 0 Å². The van der Waals surface area contributed by atoms with Crippen LogP contribution in [0.1, 0.15) is 50.5 Å². The zero-order valence-electron chi connectivity index (χ0n) is 17.5. The SMILES string of the molecule is Cc1ccc(N2CCN(CCCC3CC4(CCCC4)C(=O)O3)CC2)cc1.O=CO. The van der Waals surface area contributed by atoms with Crippen molar-refractivity contribution in [3.05, 3.63) is 29.8 Å². The number of carboxylic acid groups (broad SMARTS) is 1. The number of carbonyl (C=O) groups is 2. The van der Waals surface area contributed by atoms with Gasteiger partial charge in [0.05, 0.1) is 5.41 Å². The molecule has 1 spiro atoms. The quantitative estimate of drug-likeness (QED) is 0.601. The van der Waals surface area contributed by atoms with Crippen LogP contribution in [0, 0.1) is 12.3 Å². The van der Waals surface area contributed by atoms with E-state index < -0.39 is 0 Å². The highest BCUT2D eigenvalue weighted by Crippen LogP contribution is 2.48. The zero-order chi connectivity index (χ0) is 20.7. The first kappa shape index (κ1) is 21.6. The molecule has 3 fully saturated rings. The summed E-state index contributed by atoms with van der Waals surface area (Å²) in [6, 6.07) is 8.86. The van der Waals surface area contributed by atoms with Crippen molar-refractivity contribution in [3.63, 3.8) is 0 Å². The van der Waals surface area contributed by atoms with Crippen LogP contribution >= 0.6 is 0 Å². The first-order chi connectivity index (χ1) is 14.1. The van der Waals surface area contributed by atoms with Crippen LogP contribution in [0.2, 0.25) is 0 Å². The second kappa shape index (κ2) is 10.1. The maximum atomic E-state index is 12.2. The van der Waals surface area contributed by atoms with Crippen LogP contribution in [0.5, 0.6) is 0 Å². The summed E-state index contributed by atoms with van der Waals surface area (Å²) in [6.45, 7) is 7.47. The minimum absolute atomic E-state index is 0.0929. The number of benzene rings is 1. The molecular weight excluding hydrogens is 368 g/mol. The Morgan fingerprint density at radius 2 is 1.76 bits per heavy atom.